The van der Waals surface area contributed by atoms with Crippen molar-refractivity contribution in [3.8, 4) is 16.9 Å². The highest BCUT2D eigenvalue weighted by Gasteiger charge is 2.28. The lowest BCUT2D eigenvalue weighted by molar-refractivity contribution is -0.119. The molecule has 4 rings (SSSR count). The third kappa shape index (κ3) is 6.63. The van der Waals surface area contributed by atoms with Crippen LogP contribution in [0.4, 0.5) is 20.3 Å². The van der Waals surface area contributed by atoms with Crippen LogP contribution in [-0.4, -0.2) is 52.0 Å². The van der Waals surface area contributed by atoms with Crippen molar-refractivity contribution >= 4 is 34.9 Å². The summed E-state index contributed by atoms with van der Waals surface area (Å²) in [5.41, 5.74) is -1.77. The van der Waals surface area contributed by atoms with Gasteiger partial charge in [-0.05, 0) is 42.7 Å². The van der Waals surface area contributed by atoms with E-state index in [-0.39, 0.29) is 17.6 Å². The predicted molar refractivity (Wildman–Crippen MR) is 130 cm³/mol. The number of nitrogens with one attached hydrogen (secondary N) is 2. The molecule has 3 aromatic rings. The summed E-state index contributed by atoms with van der Waals surface area (Å²) < 4.78 is 29.9. The molecule has 12 heteroatoms. The summed E-state index contributed by atoms with van der Waals surface area (Å²) in [6, 6.07) is 7.09. The summed E-state index contributed by atoms with van der Waals surface area (Å²) in [5, 5.41) is 5.57. The molecule has 0 bridgehead atoms. The molecule has 0 aliphatic carbocycles. The van der Waals surface area contributed by atoms with Crippen LogP contribution >= 0.6 is 11.6 Å². The van der Waals surface area contributed by atoms with Crippen molar-refractivity contribution in [1.29, 1.82) is 0 Å². The van der Waals surface area contributed by atoms with Crippen LogP contribution in [0.1, 0.15) is 23.7 Å². The maximum atomic E-state index is 12.9. The van der Waals surface area contributed by atoms with Gasteiger partial charge in [-0.2, -0.15) is 0 Å². The van der Waals surface area contributed by atoms with Gasteiger partial charge in [0.15, 0.2) is 0 Å². The molecule has 1 unspecified atom stereocenters. The first-order valence-electron chi connectivity index (χ1n) is 11.1. The zero-order chi connectivity index (χ0) is 25.7. The number of carbonyl (C=O) groups is 2. The number of nitrogens with zero attached hydrogens (tertiary/aromatic N) is 4. The number of carbonyl (C=O) groups excluding carboxylic acids is 2. The van der Waals surface area contributed by atoms with Gasteiger partial charge in [0.1, 0.15) is 17.9 Å². The van der Waals surface area contributed by atoms with E-state index in [9.17, 15) is 18.4 Å². The number of hydrogen-bond donors (Lipinski definition) is 2. The van der Waals surface area contributed by atoms with Gasteiger partial charge in [-0.3, -0.25) is 9.59 Å². The molecule has 3 heterocycles. The Bertz CT molecular complexity index is 1220. The molecule has 1 saturated heterocycles. The predicted octanol–water partition coefficient (Wildman–Crippen LogP) is 3.92. The van der Waals surface area contributed by atoms with E-state index in [1.54, 1.807) is 18.5 Å². The molecular weight excluding hydrogens is 494 g/mol. The van der Waals surface area contributed by atoms with Crippen LogP contribution in [0.5, 0.6) is 5.75 Å². The van der Waals surface area contributed by atoms with Crippen molar-refractivity contribution in [2.24, 2.45) is 5.92 Å². The maximum Gasteiger partial charge on any atom is 0.487 e. The minimum atomic E-state index is -3.82. The van der Waals surface area contributed by atoms with Crippen molar-refractivity contribution < 1.29 is 23.1 Å². The van der Waals surface area contributed by atoms with E-state index in [2.05, 4.69) is 35.2 Å². The highest BCUT2D eigenvalue weighted by molar-refractivity contribution is 6.20. The van der Waals surface area contributed by atoms with Crippen molar-refractivity contribution in [2.45, 2.75) is 18.9 Å². The van der Waals surface area contributed by atoms with Crippen LogP contribution < -0.4 is 20.3 Å². The molecule has 1 atom stereocenters. The molecule has 188 valence electrons. The van der Waals surface area contributed by atoms with Gasteiger partial charge in [-0.1, -0.05) is 0 Å². The van der Waals surface area contributed by atoms with Gasteiger partial charge in [0.05, 0.1) is 5.56 Å². The fourth-order valence-corrected chi connectivity index (χ4v) is 4.00. The first kappa shape index (κ1) is 25.2. The Morgan fingerprint density at radius 2 is 1.92 bits per heavy atom. The summed E-state index contributed by atoms with van der Waals surface area (Å²) in [6.45, 7) is 3.53. The van der Waals surface area contributed by atoms with Gasteiger partial charge in [0.2, 0.25) is 5.91 Å². The summed E-state index contributed by atoms with van der Waals surface area (Å²) in [6.07, 6.45) is 7.08. The fourth-order valence-electron chi connectivity index (χ4n) is 3.91. The smallest absolute Gasteiger partial charge is 0.420 e. The highest BCUT2D eigenvalue weighted by Crippen LogP contribution is 2.33. The lowest BCUT2D eigenvalue weighted by Crippen LogP contribution is -2.29. The SMILES string of the molecule is CC(=O)NCC1CCN(c2ncc(C(=O)Nc3ccc(OC(F)(F)Cl)cc3)cc2-c2cncnc2)C1. The highest BCUT2D eigenvalue weighted by atomic mass is 35.5. The quantitative estimate of drug-likeness (QED) is 0.437. The van der Waals surface area contributed by atoms with Gasteiger partial charge in [-0.25, -0.2) is 15.0 Å². The monoisotopic (exact) mass is 516 g/mol. The normalized spacial score (nSPS) is 15.4. The first-order valence-corrected chi connectivity index (χ1v) is 11.5. The standard InChI is InChI=1S/C24H23ClF2N6O3/c1-15(34)30-9-16-6-7-33(13-16)22-21(18-10-28-14-29-11-18)8-17(12-31-22)23(35)32-19-2-4-20(5-3-19)36-24(25,26)27/h2-5,8,10-12,14,16H,6-7,9,13H2,1H3,(H,30,34)(H,32,35). The topological polar surface area (TPSA) is 109 Å². The lowest BCUT2D eigenvalue weighted by atomic mass is 10.1. The van der Waals surface area contributed by atoms with E-state index >= 15 is 0 Å². The summed E-state index contributed by atoms with van der Waals surface area (Å²) in [4.78, 5) is 39.1. The number of aromatic nitrogens is 3. The number of halogens is 3. The number of benzene rings is 1. The van der Waals surface area contributed by atoms with Crippen molar-refractivity contribution in [2.75, 3.05) is 29.9 Å². The minimum absolute atomic E-state index is 0.0665. The van der Waals surface area contributed by atoms with Crippen LogP contribution in [0, 0.1) is 5.92 Å². The Hall–Kier alpha value is -3.86. The number of anilines is 2. The Morgan fingerprint density at radius 3 is 2.58 bits per heavy atom. The molecule has 1 aliphatic heterocycles. The maximum absolute atomic E-state index is 12.9. The van der Waals surface area contributed by atoms with Crippen molar-refractivity contribution in [1.82, 2.24) is 20.3 Å². The van der Waals surface area contributed by atoms with Gasteiger partial charge < -0.3 is 20.3 Å². The fraction of sp³-hybridized carbons (Fsp3) is 0.292. The van der Waals surface area contributed by atoms with Crippen LogP contribution in [0.3, 0.4) is 0 Å². The second-order valence-electron chi connectivity index (χ2n) is 8.29. The lowest BCUT2D eigenvalue weighted by Gasteiger charge is -2.21. The molecule has 2 aromatic heterocycles. The number of rotatable bonds is 8. The van der Waals surface area contributed by atoms with Crippen LogP contribution in [0.25, 0.3) is 11.1 Å². The number of hydrogen-bond acceptors (Lipinski definition) is 7. The summed E-state index contributed by atoms with van der Waals surface area (Å²) >= 11 is 4.77. The third-order valence-electron chi connectivity index (χ3n) is 5.57. The van der Waals surface area contributed by atoms with Gasteiger partial charge in [-0.15, -0.1) is 8.78 Å². The Morgan fingerprint density at radius 1 is 1.19 bits per heavy atom. The van der Waals surface area contributed by atoms with Crippen LogP contribution in [0.15, 0.2) is 55.2 Å². The van der Waals surface area contributed by atoms with Crippen LogP contribution in [0.2, 0.25) is 0 Å². The van der Waals surface area contributed by atoms with Crippen LogP contribution in [-0.2, 0) is 4.79 Å². The average molecular weight is 517 g/mol. The van der Waals surface area contributed by atoms with E-state index in [1.807, 2.05) is 0 Å². The van der Waals surface area contributed by atoms with Crippen molar-refractivity contribution in [3.63, 3.8) is 0 Å². The Balaban J connectivity index is 1.54. The number of ether oxygens (including phenoxy) is 1. The molecule has 1 aliphatic rings. The summed E-state index contributed by atoms with van der Waals surface area (Å²) in [7, 11) is 0. The van der Waals surface area contributed by atoms with E-state index in [0.29, 0.717) is 41.3 Å². The molecule has 36 heavy (non-hydrogen) atoms. The van der Waals surface area contributed by atoms with Gasteiger partial charge >= 0.3 is 5.57 Å². The third-order valence-corrected chi connectivity index (χ3v) is 5.65. The molecular formula is C24H23ClF2N6O3. The molecule has 0 spiro atoms. The largest absolute Gasteiger partial charge is 0.487 e. The zero-order valence-electron chi connectivity index (χ0n) is 19.2. The molecule has 0 saturated carbocycles. The zero-order valence-corrected chi connectivity index (χ0v) is 20.0. The van der Waals surface area contributed by atoms with Gasteiger partial charge in [0, 0.05) is 73.6 Å². The summed E-state index contributed by atoms with van der Waals surface area (Å²) in [5.74, 6) is 0.323. The molecule has 2 N–H and O–H groups in total. The molecule has 1 fully saturated rings. The average Bonchev–Trinajstić information content (AvgIpc) is 3.32. The molecule has 0 radical (unpaired) electrons. The van der Waals surface area contributed by atoms with E-state index in [1.165, 1.54) is 43.7 Å². The minimum Gasteiger partial charge on any atom is -0.420 e. The second kappa shape index (κ2) is 10.8. The van der Waals surface area contributed by atoms with E-state index in [4.69, 9.17) is 11.6 Å². The Labute approximate surface area is 210 Å². The Kier molecular flexibility index (Phi) is 7.58. The van der Waals surface area contributed by atoms with E-state index in [0.717, 1.165) is 13.0 Å². The number of amides is 2. The van der Waals surface area contributed by atoms with Gasteiger partial charge in [0.25, 0.3) is 5.91 Å². The van der Waals surface area contributed by atoms with Crippen molar-refractivity contribution in [3.05, 3.63) is 60.8 Å². The molecule has 2 amide bonds. The number of pyridine rings is 1. The molecule has 1 aromatic carbocycles. The van der Waals surface area contributed by atoms with E-state index < -0.39 is 11.5 Å². The first-order chi connectivity index (χ1) is 17.2. The second-order valence-corrected chi connectivity index (χ2v) is 8.73. The number of alkyl halides is 3. The molecule has 9 nitrogen and oxygen atoms in total.